The van der Waals surface area contributed by atoms with Crippen molar-refractivity contribution in [3.8, 4) is 0 Å². The van der Waals surface area contributed by atoms with Gasteiger partial charge in [-0.2, -0.15) is 0 Å². The lowest BCUT2D eigenvalue weighted by Crippen LogP contribution is -2.36. The number of hydrogen-bond donors (Lipinski definition) is 4. The minimum absolute atomic E-state index is 0. The van der Waals surface area contributed by atoms with Crippen LogP contribution in [0.5, 0.6) is 0 Å². The Kier molecular flexibility index (Phi) is 7.18. The molecule has 2 aliphatic heterocycles. The summed E-state index contributed by atoms with van der Waals surface area (Å²) in [5.41, 5.74) is 0.338. The van der Waals surface area contributed by atoms with Gasteiger partial charge in [-0.15, -0.1) is 0 Å². The number of aliphatic carboxylic acids is 1. The highest BCUT2D eigenvalue weighted by atomic mass is 16.4. The molecule has 18 heavy (non-hydrogen) atoms. The van der Waals surface area contributed by atoms with E-state index >= 15 is 0 Å². The number of nitrogens with one attached hydrogen (secondary N) is 2. The maximum Gasteiger partial charge on any atom is 0.351 e. The molecule has 0 aliphatic carbocycles. The molecule has 0 bridgehead atoms. The van der Waals surface area contributed by atoms with E-state index in [0.717, 1.165) is 19.5 Å². The second kappa shape index (κ2) is 7.80. The highest BCUT2D eigenvalue weighted by Gasteiger charge is 2.27. The van der Waals surface area contributed by atoms with Crippen LogP contribution in [0.3, 0.4) is 0 Å². The van der Waals surface area contributed by atoms with E-state index < -0.39 is 12.1 Å². The molecule has 104 valence electrons. The first-order valence-corrected chi connectivity index (χ1v) is 5.61. The first-order chi connectivity index (χ1) is 8.02. The van der Waals surface area contributed by atoms with Crippen LogP contribution in [0.15, 0.2) is 11.8 Å². The predicted octanol–water partition coefficient (Wildman–Crippen LogP) is -1.58. The van der Waals surface area contributed by atoms with Crippen molar-refractivity contribution in [3.63, 3.8) is 0 Å². The second-order valence-corrected chi connectivity index (χ2v) is 4.04. The number of Topliss-reactive ketones (excluding diaryl/α,β-unsaturated/α-hetero) is 1. The first-order valence-electron chi connectivity index (χ1n) is 5.61. The number of aliphatic hydroxyl groups is 1. The van der Waals surface area contributed by atoms with Gasteiger partial charge in [0.25, 0.3) is 0 Å². The van der Waals surface area contributed by atoms with Crippen LogP contribution in [0.1, 0.15) is 19.8 Å². The van der Waals surface area contributed by atoms with Gasteiger partial charge in [0, 0.05) is 6.54 Å². The van der Waals surface area contributed by atoms with Crippen LogP contribution in [0.2, 0.25) is 0 Å². The zero-order valence-electron chi connectivity index (χ0n) is 10.3. The van der Waals surface area contributed by atoms with Gasteiger partial charge in [-0.05, 0) is 26.3 Å². The number of carbonyl (C=O) groups excluding carboxylic acids is 1. The molecular weight excluding hydrogens is 240 g/mol. The summed E-state index contributed by atoms with van der Waals surface area (Å²) in [5, 5.41) is 23.0. The molecule has 0 spiro atoms. The summed E-state index contributed by atoms with van der Waals surface area (Å²) < 4.78 is 0. The fourth-order valence-electron chi connectivity index (χ4n) is 1.76. The van der Waals surface area contributed by atoms with Crippen molar-refractivity contribution in [1.82, 2.24) is 10.6 Å². The standard InChI is InChI=1S/C6H11NO2.C5H7NO2.H2O/c1-4(8)6-5(9)2-3-7-6;7-5(8)4-2-1-3-6-4;/h5-7,9H,2-3H2,1H3;2,6H,1,3H2,(H,7,8);1H2/t5?,6-;;/m1../s1. The van der Waals surface area contributed by atoms with Gasteiger partial charge in [0.05, 0.1) is 12.1 Å². The second-order valence-electron chi connectivity index (χ2n) is 4.04. The van der Waals surface area contributed by atoms with Crippen LogP contribution in [0.4, 0.5) is 0 Å². The van der Waals surface area contributed by atoms with Crippen molar-refractivity contribution < 1.29 is 25.3 Å². The Morgan fingerprint density at radius 3 is 2.28 bits per heavy atom. The van der Waals surface area contributed by atoms with Crippen molar-refractivity contribution in [2.24, 2.45) is 0 Å². The van der Waals surface area contributed by atoms with Crippen molar-refractivity contribution in [2.75, 3.05) is 13.1 Å². The molecule has 0 saturated carbocycles. The largest absolute Gasteiger partial charge is 0.477 e. The maximum absolute atomic E-state index is 10.6. The Morgan fingerprint density at radius 1 is 1.39 bits per heavy atom. The molecule has 6 N–H and O–H groups in total. The van der Waals surface area contributed by atoms with Gasteiger partial charge < -0.3 is 26.3 Å². The lowest BCUT2D eigenvalue weighted by molar-refractivity contribution is -0.133. The molecule has 0 aromatic heterocycles. The number of carboxylic acids is 1. The van der Waals surface area contributed by atoms with Crippen LogP contribution in [0, 0.1) is 0 Å². The summed E-state index contributed by atoms with van der Waals surface area (Å²) in [6, 6.07) is -0.301. The van der Waals surface area contributed by atoms with Gasteiger partial charge in [0.2, 0.25) is 0 Å². The molecule has 2 rings (SSSR count). The van der Waals surface area contributed by atoms with Gasteiger partial charge in [-0.25, -0.2) is 4.79 Å². The third kappa shape index (κ3) is 4.82. The summed E-state index contributed by atoms with van der Waals surface area (Å²) in [6.45, 7) is 3.01. The van der Waals surface area contributed by atoms with E-state index in [1.165, 1.54) is 6.92 Å². The van der Waals surface area contributed by atoms with Crippen LogP contribution in [-0.2, 0) is 9.59 Å². The third-order valence-corrected chi connectivity index (χ3v) is 2.67. The number of hydrogen-bond acceptors (Lipinski definition) is 5. The quantitative estimate of drug-likeness (QED) is 0.474. The monoisotopic (exact) mass is 260 g/mol. The number of carboxylic acid groups (broad SMARTS) is 1. The summed E-state index contributed by atoms with van der Waals surface area (Å²) in [6.07, 6.45) is 2.76. The van der Waals surface area contributed by atoms with E-state index in [0.29, 0.717) is 12.1 Å². The lowest BCUT2D eigenvalue weighted by Gasteiger charge is -2.08. The molecule has 0 radical (unpaired) electrons. The fraction of sp³-hybridized carbons (Fsp3) is 0.636. The summed E-state index contributed by atoms with van der Waals surface area (Å²) in [4.78, 5) is 20.7. The third-order valence-electron chi connectivity index (χ3n) is 2.67. The number of carbonyl (C=O) groups is 2. The minimum atomic E-state index is -0.859. The summed E-state index contributed by atoms with van der Waals surface area (Å²) in [7, 11) is 0. The molecular formula is C11H20N2O5. The van der Waals surface area contributed by atoms with E-state index in [9.17, 15) is 9.59 Å². The summed E-state index contributed by atoms with van der Waals surface area (Å²) in [5.74, 6) is -0.831. The van der Waals surface area contributed by atoms with Crippen molar-refractivity contribution >= 4 is 11.8 Å². The number of aliphatic hydroxyl groups excluding tert-OH is 1. The van der Waals surface area contributed by atoms with Crippen LogP contribution in [-0.4, -0.2) is 52.7 Å². The van der Waals surface area contributed by atoms with E-state index in [4.69, 9.17) is 10.2 Å². The van der Waals surface area contributed by atoms with Crippen molar-refractivity contribution in [3.05, 3.63) is 11.8 Å². The fourth-order valence-corrected chi connectivity index (χ4v) is 1.76. The van der Waals surface area contributed by atoms with Gasteiger partial charge >= 0.3 is 5.97 Å². The average molecular weight is 260 g/mol. The highest BCUT2D eigenvalue weighted by Crippen LogP contribution is 2.06. The molecule has 7 heteroatoms. The summed E-state index contributed by atoms with van der Waals surface area (Å²) >= 11 is 0. The number of ketones is 1. The van der Waals surface area contributed by atoms with Crippen molar-refractivity contribution in [1.29, 1.82) is 0 Å². The van der Waals surface area contributed by atoms with E-state index in [2.05, 4.69) is 10.6 Å². The molecule has 2 atom stereocenters. The molecule has 1 saturated heterocycles. The van der Waals surface area contributed by atoms with Crippen molar-refractivity contribution in [2.45, 2.75) is 31.9 Å². The van der Waals surface area contributed by atoms with Gasteiger partial charge in [-0.1, -0.05) is 6.08 Å². The molecule has 0 amide bonds. The normalized spacial score (nSPS) is 25.1. The molecule has 0 aromatic rings. The van der Waals surface area contributed by atoms with Crippen LogP contribution in [0.25, 0.3) is 0 Å². The zero-order chi connectivity index (χ0) is 12.8. The Hall–Kier alpha value is -1.44. The van der Waals surface area contributed by atoms with Crippen LogP contribution >= 0.6 is 0 Å². The van der Waals surface area contributed by atoms with Gasteiger partial charge in [-0.3, -0.25) is 4.79 Å². The van der Waals surface area contributed by atoms with E-state index in [1.54, 1.807) is 6.08 Å². The molecule has 2 aliphatic rings. The Bertz CT molecular complexity index is 329. The topological polar surface area (TPSA) is 130 Å². The Morgan fingerprint density at radius 2 is 2.06 bits per heavy atom. The SMILES string of the molecule is CC(=O)[C@H]1NCCC1O.O.O=C(O)C1=CCCN1. The molecule has 2 heterocycles. The number of rotatable bonds is 2. The first kappa shape index (κ1) is 16.6. The smallest absolute Gasteiger partial charge is 0.351 e. The zero-order valence-corrected chi connectivity index (χ0v) is 10.3. The highest BCUT2D eigenvalue weighted by molar-refractivity contribution is 5.86. The molecule has 1 unspecified atom stereocenters. The maximum atomic E-state index is 10.6. The van der Waals surface area contributed by atoms with Gasteiger partial charge in [0.15, 0.2) is 0 Å². The van der Waals surface area contributed by atoms with E-state index in [1.807, 2.05) is 0 Å². The minimum Gasteiger partial charge on any atom is -0.477 e. The van der Waals surface area contributed by atoms with E-state index in [-0.39, 0.29) is 17.3 Å². The molecule has 0 aromatic carbocycles. The Labute approximate surface area is 105 Å². The predicted molar refractivity (Wildman–Crippen MR) is 65.0 cm³/mol. The van der Waals surface area contributed by atoms with Crippen LogP contribution < -0.4 is 10.6 Å². The molecule has 7 nitrogen and oxygen atoms in total. The molecule has 1 fully saturated rings. The Balaban J connectivity index is 0.000000306. The van der Waals surface area contributed by atoms with Gasteiger partial charge in [0.1, 0.15) is 11.5 Å². The lowest BCUT2D eigenvalue weighted by atomic mass is 10.1. The average Bonchev–Trinajstić information content (AvgIpc) is 2.87.